The smallest absolute Gasteiger partial charge is 0.238 e. The minimum absolute atomic E-state index is 1.21. The maximum Gasteiger partial charge on any atom is 0.238 e. The van der Waals surface area contributed by atoms with Crippen molar-refractivity contribution in [2.24, 2.45) is 0 Å². The molecular weight excluding hydrogens is 200 g/mol. The molecule has 0 atom stereocenters. The van der Waals surface area contributed by atoms with Gasteiger partial charge in [-0.05, 0) is 39.4 Å². The van der Waals surface area contributed by atoms with Gasteiger partial charge in [0.15, 0.2) is 0 Å². The summed E-state index contributed by atoms with van der Waals surface area (Å²) in [5, 5.41) is 1.49. The van der Waals surface area contributed by atoms with E-state index >= 15 is 0 Å². The third-order valence-electron chi connectivity index (χ3n) is 3.21. The Bertz CT molecular complexity index is 288. The second kappa shape index (κ2) is 4.92. The summed E-state index contributed by atoms with van der Waals surface area (Å²) < 4.78 is 4.84. The average Bonchev–Trinajstić information content (AvgIpc) is 2.20. The zero-order valence-corrected chi connectivity index (χ0v) is 11.5. The molecule has 0 aromatic heterocycles. The molecule has 0 aliphatic heterocycles. The van der Waals surface area contributed by atoms with Crippen molar-refractivity contribution >= 4 is 13.6 Å². The van der Waals surface area contributed by atoms with Crippen LogP contribution in [0, 0.1) is 0 Å². The largest absolute Gasteiger partial charge is 0.314 e. The Labute approximate surface area is 94.7 Å². The lowest BCUT2D eigenvalue weighted by Crippen LogP contribution is -2.68. The van der Waals surface area contributed by atoms with Crippen LogP contribution in [0.4, 0.5) is 0 Å². The van der Waals surface area contributed by atoms with Crippen molar-refractivity contribution in [3.05, 3.63) is 30.3 Å². The molecule has 0 bridgehead atoms. The van der Waals surface area contributed by atoms with Crippen molar-refractivity contribution in [1.82, 2.24) is 9.13 Å². The van der Waals surface area contributed by atoms with Crippen molar-refractivity contribution in [1.29, 1.82) is 0 Å². The minimum atomic E-state index is -1.63. The fraction of sp³-hybridized carbons (Fsp3) is 0.500. The lowest BCUT2D eigenvalue weighted by atomic mass is 10.4. The van der Waals surface area contributed by atoms with E-state index in [1.807, 2.05) is 0 Å². The number of benzene rings is 1. The van der Waals surface area contributed by atoms with Gasteiger partial charge in [0.2, 0.25) is 8.40 Å². The highest BCUT2D eigenvalue weighted by Crippen LogP contribution is 2.14. The van der Waals surface area contributed by atoms with Gasteiger partial charge in [-0.1, -0.05) is 37.3 Å². The number of nitrogens with zero attached hydrogens (tertiary/aromatic N) is 2. The van der Waals surface area contributed by atoms with E-state index in [4.69, 9.17) is 0 Å². The van der Waals surface area contributed by atoms with Crippen LogP contribution in [0.1, 0.15) is 6.92 Å². The highest BCUT2D eigenvalue weighted by Gasteiger charge is 2.39. The van der Waals surface area contributed by atoms with Crippen LogP contribution in [0.15, 0.2) is 30.3 Å². The quantitative estimate of drug-likeness (QED) is 0.712. The van der Waals surface area contributed by atoms with E-state index in [-0.39, 0.29) is 0 Å². The van der Waals surface area contributed by atoms with E-state index in [9.17, 15) is 0 Å². The first-order chi connectivity index (χ1) is 7.05. The molecule has 1 aromatic carbocycles. The van der Waals surface area contributed by atoms with Crippen LogP contribution in [0.5, 0.6) is 0 Å². The maximum absolute atomic E-state index is 2.42. The van der Waals surface area contributed by atoms with E-state index in [0.29, 0.717) is 0 Å². The standard InChI is InChI=1S/C12H22N2Si/c1-6-15(13(2)3,14(4)5)12-10-8-7-9-11-12/h7-11H,6H2,1-5H3. The van der Waals surface area contributed by atoms with Crippen LogP contribution in [0.25, 0.3) is 0 Å². The van der Waals surface area contributed by atoms with Crippen LogP contribution in [-0.4, -0.2) is 45.7 Å². The molecule has 1 aromatic rings. The summed E-state index contributed by atoms with van der Waals surface area (Å²) in [6, 6.07) is 12.1. The fourth-order valence-corrected chi connectivity index (χ4v) is 6.69. The molecule has 0 amide bonds. The monoisotopic (exact) mass is 222 g/mol. The summed E-state index contributed by atoms with van der Waals surface area (Å²) in [7, 11) is 7.15. The highest BCUT2D eigenvalue weighted by atomic mass is 28.3. The summed E-state index contributed by atoms with van der Waals surface area (Å²) in [6.07, 6.45) is 0. The number of hydrogen-bond donors (Lipinski definition) is 0. The first kappa shape index (κ1) is 12.4. The van der Waals surface area contributed by atoms with Gasteiger partial charge in [-0.3, -0.25) is 0 Å². The molecule has 3 heteroatoms. The van der Waals surface area contributed by atoms with Gasteiger partial charge in [0.25, 0.3) is 0 Å². The third kappa shape index (κ3) is 2.14. The van der Waals surface area contributed by atoms with E-state index < -0.39 is 8.40 Å². The Morgan fingerprint density at radius 1 is 0.933 bits per heavy atom. The molecular formula is C12H22N2Si. The summed E-state index contributed by atoms with van der Waals surface area (Å²) in [4.78, 5) is 0. The molecule has 0 saturated heterocycles. The van der Waals surface area contributed by atoms with Crippen LogP contribution >= 0.6 is 0 Å². The van der Waals surface area contributed by atoms with Crippen LogP contribution < -0.4 is 5.19 Å². The molecule has 15 heavy (non-hydrogen) atoms. The predicted molar refractivity (Wildman–Crippen MR) is 69.7 cm³/mol. The molecule has 84 valence electrons. The van der Waals surface area contributed by atoms with Gasteiger partial charge in [-0.25, -0.2) is 0 Å². The second-order valence-electron chi connectivity index (χ2n) is 4.33. The van der Waals surface area contributed by atoms with Crippen LogP contribution in [0.3, 0.4) is 0 Å². The average molecular weight is 222 g/mol. The van der Waals surface area contributed by atoms with Gasteiger partial charge in [-0.2, -0.15) is 0 Å². The van der Waals surface area contributed by atoms with Crippen LogP contribution in [-0.2, 0) is 0 Å². The molecule has 2 nitrogen and oxygen atoms in total. The van der Waals surface area contributed by atoms with Gasteiger partial charge in [0, 0.05) is 0 Å². The van der Waals surface area contributed by atoms with Crippen LogP contribution in [0.2, 0.25) is 6.04 Å². The molecule has 0 aliphatic carbocycles. The summed E-state index contributed by atoms with van der Waals surface area (Å²) in [5.41, 5.74) is 0. The normalized spacial score (nSPS) is 12.5. The molecule has 0 aliphatic rings. The molecule has 0 radical (unpaired) electrons. The second-order valence-corrected chi connectivity index (χ2v) is 9.03. The molecule has 0 spiro atoms. The Morgan fingerprint density at radius 2 is 1.40 bits per heavy atom. The Kier molecular flexibility index (Phi) is 4.08. The topological polar surface area (TPSA) is 6.48 Å². The van der Waals surface area contributed by atoms with Gasteiger partial charge in [-0.15, -0.1) is 0 Å². The van der Waals surface area contributed by atoms with Gasteiger partial charge >= 0.3 is 0 Å². The fourth-order valence-electron chi connectivity index (χ4n) is 2.46. The minimum Gasteiger partial charge on any atom is -0.314 e. The molecule has 0 fully saturated rings. The van der Waals surface area contributed by atoms with Gasteiger partial charge in [0.05, 0.1) is 0 Å². The van der Waals surface area contributed by atoms with Gasteiger partial charge < -0.3 is 9.13 Å². The van der Waals surface area contributed by atoms with E-state index in [0.717, 1.165) is 0 Å². The Balaban J connectivity index is 3.22. The number of rotatable bonds is 4. The van der Waals surface area contributed by atoms with Crippen molar-refractivity contribution in [3.8, 4) is 0 Å². The SMILES string of the molecule is CC[Si](c1ccccc1)(N(C)C)N(C)C. The van der Waals surface area contributed by atoms with Crippen molar-refractivity contribution in [3.63, 3.8) is 0 Å². The molecule has 1 rings (SSSR count). The first-order valence-corrected chi connectivity index (χ1v) is 7.56. The van der Waals surface area contributed by atoms with Crippen molar-refractivity contribution < 1.29 is 0 Å². The molecule has 0 N–H and O–H groups in total. The van der Waals surface area contributed by atoms with Crippen molar-refractivity contribution in [2.45, 2.75) is 13.0 Å². The van der Waals surface area contributed by atoms with Crippen molar-refractivity contribution in [2.75, 3.05) is 28.2 Å². The zero-order valence-electron chi connectivity index (χ0n) is 10.5. The molecule has 0 unspecified atom stereocenters. The third-order valence-corrected chi connectivity index (χ3v) is 8.41. The van der Waals surface area contributed by atoms with E-state index in [1.54, 1.807) is 0 Å². The van der Waals surface area contributed by atoms with Gasteiger partial charge in [0.1, 0.15) is 0 Å². The predicted octanol–water partition coefficient (Wildman–Crippen LogP) is 1.48. The molecule has 0 heterocycles. The van der Waals surface area contributed by atoms with E-state index in [1.165, 1.54) is 11.2 Å². The molecule has 0 saturated carbocycles. The summed E-state index contributed by atoms with van der Waals surface area (Å²) >= 11 is 0. The lowest BCUT2D eigenvalue weighted by molar-refractivity contribution is 0.494. The first-order valence-electron chi connectivity index (χ1n) is 5.46. The Hall–Kier alpha value is -0.643. The zero-order chi connectivity index (χ0) is 11.5. The highest BCUT2D eigenvalue weighted by molar-refractivity contribution is 6.86. The summed E-state index contributed by atoms with van der Waals surface area (Å²) in [5.74, 6) is 0. The Morgan fingerprint density at radius 3 is 1.73 bits per heavy atom. The summed E-state index contributed by atoms with van der Waals surface area (Å²) in [6.45, 7) is 2.29. The van der Waals surface area contributed by atoms with E-state index in [2.05, 4.69) is 74.6 Å². The lowest BCUT2D eigenvalue weighted by Gasteiger charge is -2.42. The number of hydrogen-bond acceptors (Lipinski definition) is 2. The maximum atomic E-state index is 2.42.